The zero-order valence-electron chi connectivity index (χ0n) is 14.8. The predicted molar refractivity (Wildman–Crippen MR) is 107 cm³/mol. The van der Waals surface area contributed by atoms with Crippen LogP contribution in [-0.4, -0.2) is 28.6 Å². The van der Waals surface area contributed by atoms with Gasteiger partial charge in [-0.2, -0.15) is 0 Å². The summed E-state index contributed by atoms with van der Waals surface area (Å²) in [5.74, 6) is 2.18. The minimum Gasteiger partial charge on any atom is -0.493 e. The molecular formula is C20H18N4O2S. The number of para-hydroxylation sites is 3. The van der Waals surface area contributed by atoms with Crippen molar-refractivity contribution >= 4 is 28.1 Å². The van der Waals surface area contributed by atoms with Gasteiger partial charge in [0.1, 0.15) is 12.1 Å². The van der Waals surface area contributed by atoms with E-state index in [1.807, 2.05) is 53.9 Å². The second kappa shape index (κ2) is 8.01. The summed E-state index contributed by atoms with van der Waals surface area (Å²) in [6, 6.07) is 15.5. The van der Waals surface area contributed by atoms with Crippen LogP contribution in [0.25, 0.3) is 10.9 Å². The van der Waals surface area contributed by atoms with Crippen LogP contribution in [0, 0.1) is 0 Å². The average Bonchev–Trinajstić information content (AvgIpc) is 3.16. The van der Waals surface area contributed by atoms with Crippen molar-refractivity contribution in [1.82, 2.24) is 15.0 Å². The van der Waals surface area contributed by atoms with Gasteiger partial charge in [-0.1, -0.05) is 35.6 Å². The van der Waals surface area contributed by atoms with E-state index in [9.17, 15) is 0 Å². The molecular weight excluding hydrogens is 360 g/mol. The molecule has 2 heterocycles. The Balaban J connectivity index is 1.38. The van der Waals surface area contributed by atoms with Crippen LogP contribution in [0.5, 0.6) is 16.7 Å². The number of ether oxygens (including phenoxy) is 2. The van der Waals surface area contributed by atoms with Crippen LogP contribution in [0.15, 0.2) is 60.2 Å². The Bertz CT molecular complexity index is 1050. The first kappa shape index (κ1) is 17.2. The molecule has 7 heteroatoms. The van der Waals surface area contributed by atoms with Crippen molar-refractivity contribution in [3.05, 3.63) is 65.9 Å². The summed E-state index contributed by atoms with van der Waals surface area (Å²) >= 11 is 1.47. The number of benzene rings is 2. The molecule has 136 valence electrons. The minimum atomic E-state index is 0.599. The molecule has 0 aliphatic heterocycles. The third-order valence-corrected chi connectivity index (χ3v) is 4.78. The molecule has 6 nitrogen and oxygen atoms in total. The van der Waals surface area contributed by atoms with Gasteiger partial charge in [0.2, 0.25) is 0 Å². The second-order valence-electron chi connectivity index (χ2n) is 5.77. The maximum Gasteiger partial charge on any atom is 0.279 e. The first-order valence-corrected chi connectivity index (χ1v) is 9.40. The molecule has 0 aliphatic rings. The van der Waals surface area contributed by atoms with E-state index >= 15 is 0 Å². The van der Waals surface area contributed by atoms with E-state index in [1.54, 1.807) is 13.4 Å². The van der Waals surface area contributed by atoms with Crippen LogP contribution in [0.1, 0.15) is 5.69 Å². The highest BCUT2D eigenvalue weighted by Crippen LogP contribution is 2.32. The van der Waals surface area contributed by atoms with Gasteiger partial charge >= 0.3 is 0 Å². The molecule has 0 saturated carbocycles. The first-order valence-electron chi connectivity index (χ1n) is 8.52. The van der Waals surface area contributed by atoms with Gasteiger partial charge in [0.05, 0.1) is 18.3 Å². The summed E-state index contributed by atoms with van der Waals surface area (Å²) in [7, 11) is 1.62. The number of hydrogen-bond acceptors (Lipinski definition) is 7. The van der Waals surface area contributed by atoms with Crippen molar-refractivity contribution in [2.75, 3.05) is 19.0 Å². The Hall–Kier alpha value is -3.19. The van der Waals surface area contributed by atoms with Crippen LogP contribution in [0.4, 0.5) is 5.82 Å². The van der Waals surface area contributed by atoms with E-state index in [2.05, 4.69) is 20.3 Å². The van der Waals surface area contributed by atoms with Crippen LogP contribution < -0.4 is 14.8 Å². The number of methoxy groups -OCH3 is 1. The molecule has 27 heavy (non-hydrogen) atoms. The molecule has 2 aromatic carbocycles. The van der Waals surface area contributed by atoms with E-state index in [1.165, 1.54) is 11.3 Å². The number of fused-ring (bicyclic) bond motifs is 1. The zero-order valence-corrected chi connectivity index (χ0v) is 15.6. The smallest absolute Gasteiger partial charge is 0.279 e. The standard InChI is InChI=1S/C20H18N4O2S/c1-25-17-8-4-5-9-18(17)26-20-24-14(12-27-20)10-11-21-19-15-6-2-3-7-16(15)22-13-23-19/h2-9,12-13H,10-11H2,1H3,(H,21,22,23). The van der Waals surface area contributed by atoms with Gasteiger partial charge in [0, 0.05) is 23.7 Å². The Labute approximate surface area is 160 Å². The Morgan fingerprint density at radius 3 is 2.70 bits per heavy atom. The number of nitrogens with zero attached hydrogens (tertiary/aromatic N) is 3. The van der Waals surface area contributed by atoms with Gasteiger partial charge in [0.15, 0.2) is 11.5 Å². The lowest BCUT2D eigenvalue weighted by molar-refractivity contribution is 0.378. The highest BCUT2D eigenvalue weighted by atomic mass is 32.1. The van der Waals surface area contributed by atoms with Gasteiger partial charge in [-0.15, -0.1) is 0 Å². The van der Waals surface area contributed by atoms with Crippen LogP contribution >= 0.6 is 11.3 Å². The predicted octanol–water partition coefficient (Wildman–Crippen LogP) is 4.54. The third-order valence-electron chi connectivity index (χ3n) is 4.01. The number of hydrogen-bond donors (Lipinski definition) is 1. The van der Waals surface area contributed by atoms with Crippen molar-refractivity contribution in [2.45, 2.75) is 6.42 Å². The van der Waals surface area contributed by atoms with Gasteiger partial charge in [-0.25, -0.2) is 15.0 Å². The molecule has 0 bridgehead atoms. The third kappa shape index (κ3) is 3.98. The lowest BCUT2D eigenvalue weighted by Crippen LogP contribution is -2.07. The molecule has 0 saturated heterocycles. The van der Waals surface area contributed by atoms with Gasteiger partial charge in [0.25, 0.3) is 5.19 Å². The highest BCUT2D eigenvalue weighted by Gasteiger charge is 2.09. The van der Waals surface area contributed by atoms with E-state index < -0.39 is 0 Å². The number of rotatable bonds is 7. The van der Waals surface area contributed by atoms with Gasteiger partial charge in [-0.3, -0.25) is 0 Å². The lowest BCUT2D eigenvalue weighted by atomic mass is 10.2. The topological polar surface area (TPSA) is 69.2 Å². The Kier molecular flexibility index (Phi) is 5.11. The molecule has 4 aromatic rings. The summed E-state index contributed by atoms with van der Waals surface area (Å²) in [4.78, 5) is 13.2. The van der Waals surface area contributed by atoms with Crippen LogP contribution in [0.3, 0.4) is 0 Å². The molecule has 0 atom stereocenters. The van der Waals surface area contributed by atoms with E-state index in [0.29, 0.717) is 16.7 Å². The molecule has 0 fully saturated rings. The monoisotopic (exact) mass is 378 g/mol. The van der Waals surface area contributed by atoms with Crippen LogP contribution in [0.2, 0.25) is 0 Å². The molecule has 4 rings (SSSR count). The Morgan fingerprint density at radius 1 is 1.00 bits per heavy atom. The largest absolute Gasteiger partial charge is 0.493 e. The molecule has 0 radical (unpaired) electrons. The molecule has 0 amide bonds. The molecule has 2 aromatic heterocycles. The van der Waals surface area contributed by atoms with Gasteiger partial charge in [-0.05, 0) is 24.3 Å². The SMILES string of the molecule is COc1ccccc1Oc1nc(CCNc2ncnc3ccccc23)cs1. The maximum absolute atomic E-state index is 5.84. The molecule has 0 unspecified atom stereocenters. The number of anilines is 1. The maximum atomic E-state index is 5.84. The number of nitrogens with one attached hydrogen (secondary N) is 1. The normalized spacial score (nSPS) is 10.7. The van der Waals surface area contributed by atoms with E-state index in [-0.39, 0.29) is 0 Å². The average molecular weight is 378 g/mol. The van der Waals surface area contributed by atoms with Crippen molar-refractivity contribution in [2.24, 2.45) is 0 Å². The molecule has 0 spiro atoms. The summed E-state index contributed by atoms with van der Waals surface area (Å²) < 4.78 is 11.1. The highest BCUT2D eigenvalue weighted by molar-refractivity contribution is 7.11. The fourth-order valence-electron chi connectivity index (χ4n) is 2.70. The Morgan fingerprint density at radius 2 is 1.81 bits per heavy atom. The van der Waals surface area contributed by atoms with Crippen LogP contribution in [-0.2, 0) is 6.42 Å². The molecule has 1 N–H and O–H groups in total. The first-order chi connectivity index (χ1) is 13.3. The van der Waals surface area contributed by atoms with E-state index in [4.69, 9.17) is 9.47 Å². The zero-order chi connectivity index (χ0) is 18.5. The fourth-order valence-corrected chi connectivity index (χ4v) is 3.42. The number of thiazole rings is 1. The lowest BCUT2D eigenvalue weighted by Gasteiger charge is -2.07. The van der Waals surface area contributed by atoms with Crippen molar-refractivity contribution in [1.29, 1.82) is 0 Å². The van der Waals surface area contributed by atoms with Gasteiger partial charge < -0.3 is 14.8 Å². The quantitative estimate of drug-likeness (QED) is 0.509. The van der Waals surface area contributed by atoms with Crippen molar-refractivity contribution < 1.29 is 9.47 Å². The number of aromatic nitrogens is 3. The second-order valence-corrected chi connectivity index (χ2v) is 6.59. The van der Waals surface area contributed by atoms with Crippen molar-refractivity contribution in [3.8, 4) is 16.7 Å². The van der Waals surface area contributed by atoms with Crippen molar-refractivity contribution in [3.63, 3.8) is 0 Å². The minimum absolute atomic E-state index is 0.599. The fraction of sp³-hybridized carbons (Fsp3) is 0.150. The van der Waals surface area contributed by atoms with E-state index in [0.717, 1.165) is 35.4 Å². The summed E-state index contributed by atoms with van der Waals surface area (Å²) in [6.45, 7) is 0.721. The summed E-state index contributed by atoms with van der Waals surface area (Å²) in [5.41, 5.74) is 1.90. The molecule has 0 aliphatic carbocycles. The summed E-state index contributed by atoms with van der Waals surface area (Å²) in [6.07, 6.45) is 2.34. The summed E-state index contributed by atoms with van der Waals surface area (Å²) in [5, 5.41) is 6.98.